The van der Waals surface area contributed by atoms with Crippen LogP contribution in [0.25, 0.3) is 0 Å². The summed E-state index contributed by atoms with van der Waals surface area (Å²) in [5.74, 6) is 4.67. The van der Waals surface area contributed by atoms with Crippen molar-refractivity contribution in [3.05, 3.63) is 11.6 Å². The fraction of sp³-hybridized carbons (Fsp3) is 0.909. The summed E-state index contributed by atoms with van der Waals surface area (Å²) < 4.78 is 0. The van der Waals surface area contributed by atoms with Crippen molar-refractivity contribution in [2.24, 2.45) is 35.0 Å². The van der Waals surface area contributed by atoms with Crippen LogP contribution in [0.2, 0.25) is 0 Å². The Balaban J connectivity index is 1.55. The summed E-state index contributed by atoms with van der Waals surface area (Å²) in [6.07, 6.45) is 15.4. The monoisotopic (exact) mass is 316 g/mol. The summed E-state index contributed by atoms with van der Waals surface area (Å²) in [5, 5.41) is 10.8. The molecule has 0 heterocycles. The minimum Gasteiger partial charge on any atom is -0.390 e. The minimum absolute atomic E-state index is 0.331. The Kier molecular flexibility index (Phi) is 3.95. The van der Waals surface area contributed by atoms with E-state index in [2.05, 4.69) is 26.8 Å². The van der Waals surface area contributed by atoms with Crippen LogP contribution in [-0.2, 0) is 0 Å². The van der Waals surface area contributed by atoms with Gasteiger partial charge in [0.25, 0.3) is 0 Å². The number of rotatable bonds is 1. The van der Waals surface area contributed by atoms with Gasteiger partial charge in [-0.2, -0.15) is 0 Å². The number of allylic oxidation sites excluding steroid dienone is 2. The smallest absolute Gasteiger partial charge is 0.0648 e. The third-order valence-electron chi connectivity index (χ3n) is 8.96. The molecule has 7 atom stereocenters. The maximum Gasteiger partial charge on any atom is 0.0648 e. The Labute approximate surface area is 142 Å². The second-order valence-electron chi connectivity index (χ2n) is 9.56. The highest BCUT2D eigenvalue weighted by Crippen LogP contribution is 2.64. The molecule has 0 radical (unpaired) electrons. The van der Waals surface area contributed by atoms with E-state index >= 15 is 0 Å². The zero-order valence-corrected chi connectivity index (χ0v) is 15.5. The van der Waals surface area contributed by atoms with Crippen molar-refractivity contribution in [3.8, 4) is 0 Å². The molecule has 1 nitrogen and oxygen atoms in total. The average molecular weight is 317 g/mol. The molecule has 4 fully saturated rings. The molecule has 23 heavy (non-hydrogen) atoms. The zero-order valence-electron chi connectivity index (χ0n) is 15.5. The van der Waals surface area contributed by atoms with Crippen molar-refractivity contribution in [1.82, 2.24) is 0 Å². The van der Waals surface area contributed by atoms with Crippen molar-refractivity contribution in [1.29, 1.82) is 0 Å². The van der Waals surface area contributed by atoms with Crippen LogP contribution in [0.15, 0.2) is 11.6 Å². The number of hydrogen-bond donors (Lipinski definition) is 1. The Morgan fingerprint density at radius 2 is 1.83 bits per heavy atom. The molecule has 0 aromatic heterocycles. The van der Waals surface area contributed by atoms with Crippen LogP contribution >= 0.6 is 0 Å². The van der Waals surface area contributed by atoms with Crippen molar-refractivity contribution in [2.45, 2.75) is 90.6 Å². The highest BCUT2D eigenvalue weighted by Gasteiger charge is 2.55. The first kappa shape index (κ1) is 16.2. The fourth-order valence-corrected chi connectivity index (χ4v) is 7.61. The summed E-state index contributed by atoms with van der Waals surface area (Å²) in [6.45, 7) is 7.02. The summed E-state index contributed by atoms with van der Waals surface area (Å²) in [4.78, 5) is 0. The Morgan fingerprint density at radius 3 is 2.57 bits per heavy atom. The van der Waals surface area contributed by atoms with Crippen LogP contribution in [0.3, 0.4) is 0 Å². The molecule has 130 valence electrons. The summed E-state index contributed by atoms with van der Waals surface area (Å²) >= 11 is 0. The average Bonchev–Trinajstić information content (AvgIpc) is 2.90. The molecule has 1 heteroatoms. The molecule has 0 amide bonds. The van der Waals surface area contributed by atoms with Crippen LogP contribution in [0.4, 0.5) is 0 Å². The van der Waals surface area contributed by atoms with Gasteiger partial charge in [-0.1, -0.05) is 25.5 Å². The summed E-state index contributed by atoms with van der Waals surface area (Å²) in [6, 6.07) is 0. The SMILES string of the molecule is C/C=C1\CCC2C3CCC4CC(O)(CC)CCC4C3CCC12C. The normalized spacial score (nSPS) is 54.4. The lowest BCUT2D eigenvalue weighted by Crippen LogP contribution is -2.50. The van der Waals surface area contributed by atoms with Crippen LogP contribution in [-0.4, -0.2) is 10.7 Å². The second kappa shape index (κ2) is 5.61. The summed E-state index contributed by atoms with van der Waals surface area (Å²) in [5.41, 5.74) is 1.97. The van der Waals surface area contributed by atoms with E-state index in [1.165, 1.54) is 44.9 Å². The first-order valence-electron chi connectivity index (χ1n) is 10.4. The highest BCUT2D eigenvalue weighted by atomic mass is 16.3. The molecular formula is C22H36O. The lowest BCUT2D eigenvalue weighted by atomic mass is 9.49. The third-order valence-corrected chi connectivity index (χ3v) is 8.96. The van der Waals surface area contributed by atoms with Gasteiger partial charge in [0.2, 0.25) is 0 Å². The molecule has 0 aromatic carbocycles. The molecule has 4 aliphatic carbocycles. The quantitative estimate of drug-likeness (QED) is 0.613. The standard InChI is InChI=1S/C22H36O/c1-4-16-7-9-20-19-8-6-15-14-22(23,5-2)13-11-17(15)18(19)10-12-21(16,20)3/h4,15,17-20,23H,5-14H2,1-3H3/b16-4+. The predicted molar refractivity (Wildman–Crippen MR) is 96.1 cm³/mol. The molecule has 0 saturated heterocycles. The van der Waals surface area contributed by atoms with Gasteiger partial charge >= 0.3 is 0 Å². The van der Waals surface area contributed by atoms with Crippen molar-refractivity contribution in [2.75, 3.05) is 0 Å². The van der Waals surface area contributed by atoms with Gasteiger partial charge in [-0.05, 0) is 106 Å². The summed E-state index contributed by atoms with van der Waals surface area (Å²) in [7, 11) is 0. The number of fused-ring (bicyclic) bond motifs is 5. The third kappa shape index (κ3) is 2.36. The topological polar surface area (TPSA) is 20.2 Å². The molecule has 0 aliphatic heterocycles. The van der Waals surface area contributed by atoms with Gasteiger partial charge in [0.15, 0.2) is 0 Å². The Bertz CT molecular complexity index is 494. The van der Waals surface area contributed by atoms with E-state index in [-0.39, 0.29) is 5.60 Å². The van der Waals surface area contributed by atoms with Crippen LogP contribution in [0, 0.1) is 35.0 Å². The highest BCUT2D eigenvalue weighted by molar-refractivity contribution is 5.23. The lowest BCUT2D eigenvalue weighted by molar-refractivity contribution is -0.0980. The van der Waals surface area contributed by atoms with E-state index in [1.54, 1.807) is 5.57 Å². The van der Waals surface area contributed by atoms with Crippen LogP contribution in [0.5, 0.6) is 0 Å². The Morgan fingerprint density at radius 1 is 1.04 bits per heavy atom. The zero-order chi connectivity index (χ0) is 16.2. The van der Waals surface area contributed by atoms with Crippen LogP contribution < -0.4 is 0 Å². The maximum absolute atomic E-state index is 10.8. The van der Waals surface area contributed by atoms with Gasteiger partial charge in [-0.3, -0.25) is 0 Å². The molecule has 4 rings (SSSR count). The van der Waals surface area contributed by atoms with E-state index in [1.807, 2.05) is 0 Å². The fourth-order valence-electron chi connectivity index (χ4n) is 7.61. The van der Waals surface area contributed by atoms with E-state index < -0.39 is 0 Å². The molecule has 0 aromatic rings. The molecule has 4 aliphatic rings. The number of hydrogen-bond acceptors (Lipinski definition) is 1. The second-order valence-corrected chi connectivity index (χ2v) is 9.56. The van der Waals surface area contributed by atoms with E-state index in [9.17, 15) is 5.11 Å². The predicted octanol–water partition coefficient (Wildman–Crippen LogP) is 5.73. The van der Waals surface area contributed by atoms with Gasteiger partial charge in [0, 0.05) is 0 Å². The molecule has 0 spiro atoms. The van der Waals surface area contributed by atoms with Gasteiger partial charge in [0.05, 0.1) is 5.60 Å². The van der Waals surface area contributed by atoms with E-state index in [0.29, 0.717) is 5.41 Å². The lowest BCUT2D eigenvalue weighted by Gasteiger charge is -2.56. The van der Waals surface area contributed by atoms with Crippen LogP contribution in [0.1, 0.15) is 85.0 Å². The first-order valence-corrected chi connectivity index (χ1v) is 10.4. The van der Waals surface area contributed by atoms with E-state index in [0.717, 1.165) is 48.9 Å². The van der Waals surface area contributed by atoms with Gasteiger partial charge in [0.1, 0.15) is 0 Å². The maximum atomic E-state index is 10.8. The van der Waals surface area contributed by atoms with Gasteiger partial charge in [-0.25, -0.2) is 0 Å². The molecule has 7 unspecified atom stereocenters. The van der Waals surface area contributed by atoms with E-state index in [4.69, 9.17) is 0 Å². The minimum atomic E-state index is -0.331. The molecular weight excluding hydrogens is 280 g/mol. The van der Waals surface area contributed by atoms with Gasteiger partial charge < -0.3 is 5.11 Å². The molecule has 4 saturated carbocycles. The van der Waals surface area contributed by atoms with Crippen molar-refractivity contribution >= 4 is 0 Å². The largest absolute Gasteiger partial charge is 0.390 e. The van der Waals surface area contributed by atoms with Crippen molar-refractivity contribution in [3.63, 3.8) is 0 Å². The van der Waals surface area contributed by atoms with Gasteiger partial charge in [-0.15, -0.1) is 0 Å². The molecule has 0 bridgehead atoms. The first-order chi connectivity index (χ1) is 11.0. The number of aliphatic hydroxyl groups is 1. The van der Waals surface area contributed by atoms with Crippen molar-refractivity contribution < 1.29 is 5.11 Å². The Hall–Kier alpha value is -0.300. The molecule has 1 N–H and O–H groups in total.